The van der Waals surface area contributed by atoms with Gasteiger partial charge in [-0.25, -0.2) is 0 Å². The van der Waals surface area contributed by atoms with Crippen molar-refractivity contribution in [2.45, 2.75) is 32.1 Å². The van der Waals surface area contributed by atoms with E-state index in [1.807, 2.05) is 18.2 Å². The summed E-state index contributed by atoms with van der Waals surface area (Å²) >= 11 is 6.17. The lowest BCUT2D eigenvalue weighted by Gasteiger charge is -2.36. The summed E-state index contributed by atoms with van der Waals surface area (Å²) in [4.78, 5) is 4.58. The third-order valence-electron chi connectivity index (χ3n) is 4.13. The van der Waals surface area contributed by atoms with Crippen LogP contribution in [0.15, 0.2) is 29.3 Å². The summed E-state index contributed by atoms with van der Waals surface area (Å²) in [7, 11) is 0. The van der Waals surface area contributed by atoms with E-state index in [0.717, 1.165) is 37.6 Å². The Morgan fingerprint density at radius 3 is 2.77 bits per heavy atom. The van der Waals surface area contributed by atoms with E-state index in [2.05, 4.69) is 30.2 Å². The fraction of sp³-hybridized carbons (Fsp3) is 0.588. The number of nitrogens with two attached hydrogens (primary N) is 1. The monoisotopic (exact) mass is 323 g/mol. The van der Waals surface area contributed by atoms with E-state index >= 15 is 0 Å². The quantitative estimate of drug-likeness (QED) is 0.647. The Balaban J connectivity index is 2.14. The summed E-state index contributed by atoms with van der Waals surface area (Å²) in [6.07, 6.45) is 1.88. The highest BCUT2D eigenvalue weighted by atomic mass is 35.5. The Morgan fingerprint density at radius 1 is 1.41 bits per heavy atom. The molecular weight excluding hydrogens is 298 g/mol. The van der Waals surface area contributed by atoms with Gasteiger partial charge in [-0.05, 0) is 36.5 Å². The third-order valence-corrected chi connectivity index (χ3v) is 4.37. The number of rotatable bonds is 5. The minimum atomic E-state index is -0.0344. The van der Waals surface area contributed by atoms with Crippen molar-refractivity contribution in [2.24, 2.45) is 16.6 Å². The Labute approximate surface area is 138 Å². The Morgan fingerprint density at radius 2 is 2.14 bits per heavy atom. The van der Waals surface area contributed by atoms with Crippen molar-refractivity contribution < 1.29 is 4.74 Å². The molecule has 1 aliphatic rings. The molecule has 0 aromatic heterocycles. The van der Waals surface area contributed by atoms with E-state index in [4.69, 9.17) is 22.1 Å². The van der Waals surface area contributed by atoms with Gasteiger partial charge in [0.05, 0.1) is 6.54 Å². The second-order valence-electron chi connectivity index (χ2n) is 6.38. The highest BCUT2D eigenvalue weighted by Crippen LogP contribution is 2.36. The molecule has 0 radical (unpaired) electrons. The first-order valence-corrected chi connectivity index (χ1v) is 8.27. The number of halogens is 1. The summed E-state index contributed by atoms with van der Waals surface area (Å²) < 4.78 is 5.53. The van der Waals surface area contributed by atoms with Gasteiger partial charge in [0, 0.05) is 30.2 Å². The molecule has 0 saturated carbocycles. The van der Waals surface area contributed by atoms with Crippen LogP contribution in [0.4, 0.5) is 0 Å². The van der Waals surface area contributed by atoms with E-state index < -0.39 is 0 Å². The summed E-state index contributed by atoms with van der Waals surface area (Å²) in [6.45, 7) is 7.29. The molecule has 0 amide bonds. The van der Waals surface area contributed by atoms with Crippen LogP contribution in [0.2, 0.25) is 5.02 Å². The molecule has 4 nitrogen and oxygen atoms in total. The Bertz CT molecular complexity index is 510. The van der Waals surface area contributed by atoms with Crippen molar-refractivity contribution in [3.8, 4) is 0 Å². The van der Waals surface area contributed by atoms with E-state index in [1.165, 1.54) is 5.56 Å². The number of hydrogen-bond donors (Lipinski definition) is 2. The minimum Gasteiger partial charge on any atom is -0.381 e. The van der Waals surface area contributed by atoms with Gasteiger partial charge in [0.25, 0.3) is 0 Å². The summed E-state index contributed by atoms with van der Waals surface area (Å²) in [6, 6.07) is 8.07. The number of nitrogens with zero attached hydrogens (tertiary/aromatic N) is 1. The molecule has 22 heavy (non-hydrogen) atoms. The van der Waals surface area contributed by atoms with Crippen LogP contribution >= 0.6 is 11.6 Å². The van der Waals surface area contributed by atoms with Gasteiger partial charge in [-0.2, -0.15) is 0 Å². The maximum Gasteiger partial charge on any atom is 0.188 e. The molecule has 0 unspecified atom stereocenters. The molecule has 5 heteroatoms. The molecular formula is C17H26ClN3O. The standard InChI is InChI=1S/C17H26ClN3O/c1-13(2)11-20-16(19)21-12-17(6-8-22-9-7-17)14-4-3-5-15(18)10-14/h3-5,10,13H,6-9,11-12H2,1-2H3,(H3,19,20,21). The molecule has 1 aromatic carbocycles. The van der Waals surface area contributed by atoms with Gasteiger partial charge in [0.1, 0.15) is 0 Å². The van der Waals surface area contributed by atoms with Crippen LogP contribution in [-0.4, -0.2) is 32.3 Å². The lowest BCUT2D eigenvalue weighted by molar-refractivity contribution is 0.0531. The largest absolute Gasteiger partial charge is 0.381 e. The second kappa shape index (κ2) is 7.84. The molecule has 0 aliphatic carbocycles. The van der Waals surface area contributed by atoms with E-state index in [-0.39, 0.29) is 5.41 Å². The molecule has 0 spiro atoms. The first-order valence-electron chi connectivity index (χ1n) is 7.89. The van der Waals surface area contributed by atoms with Crippen molar-refractivity contribution in [1.29, 1.82) is 0 Å². The van der Waals surface area contributed by atoms with Gasteiger partial charge in [0.15, 0.2) is 5.96 Å². The van der Waals surface area contributed by atoms with Crippen LogP contribution in [-0.2, 0) is 10.2 Å². The van der Waals surface area contributed by atoms with Crippen molar-refractivity contribution in [3.63, 3.8) is 0 Å². The van der Waals surface area contributed by atoms with Crippen molar-refractivity contribution in [2.75, 3.05) is 26.3 Å². The Hall–Kier alpha value is -1.26. The molecule has 3 N–H and O–H groups in total. The van der Waals surface area contributed by atoms with Crippen LogP contribution in [0.3, 0.4) is 0 Å². The van der Waals surface area contributed by atoms with Gasteiger partial charge in [-0.15, -0.1) is 0 Å². The van der Waals surface area contributed by atoms with Gasteiger partial charge >= 0.3 is 0 Å². The number of benzene rings is 1. The fourth-order valence-corrected chi connectivity index (χ4v) is 2.91. The topological polar surface area (TPSA) is 59.6 Å². The lowest BCUT2D eigenvalue weighted by atomic mass is 9.74. The van der Waals surface area contributed by atoms with Gasteiger partial charge < -0.3 is 15.8 Å². The average Bonchev–Trinajstić information content (AvgIpc) is 2.52. The van der Waals surface area contributed by atoms with E-state index in [1.54, 1.807) is 0 Å². The zero-order valence-corrected chi connectivity index (χ0v) is 14.2. The summed E-state index contributed by atoms with van der Waals surface area (Å²) in [5.74, 6) is 1.06. The number of hydrogen-bond acceptors (Lipinski definition) is 2. The minimum absolute atomic E-state index is 0.0344. The molecule has 2 rings (SSSR count). The van der Waals surface area contributed by atoms with Gasteiger partial charge in [-0.1, -0.05) is 37.6 Å². The predicted octanol–water partition coefficient (Wildman–Crippen LogP) is 2.95. The van der Waals surface area contributed by atoms with Gasteiger partial charge in [-0.3, -0.25) is 4.99 Å². The molecule has 122 valence electrons. The normalized spacial score (nSPS) is 18.5. The van der Waals surface area contributed by atoms with Crippen molar-refractivity contribution >= 4 is 17.6 Å². The SMILES string of the molecule is CC(C)CNC(N)=NCC1(c2cccc(Cl)c2)CCOCC1. The van der Waals surface area contributed by atoms with Crippen LogP contribution in [0, 0.1) is 5.92 Å². The Kier molecular flexibility index (Phi) is 6.09. The van der Waals surface area contributed by atoms with E-state index in [0.29, 0.717) is 18.4 Å². The number of ether oxygens (including phenoxy) is 1. The van der Waals surface area contributed by atoms with Crippen LogP contribution < -0.4 is 11.1 Å². The maximum absolute atomic E-state index is 6.17. The summed E-state index contributed by atoms with van der Waals surface area (Å²) in [5, 5.41) is 3.93. The molecule has 1 aromatic rings. The number of nitrogens with one attached hydrogen (secondary N) is 1. The summed E-state index contributed by atoms with van der Waals surface area (Å²) in [5.41, 5.74) is 7.18. The molecule has 0 atom stereocenters. The zero-order chi connectivity index (χ0) is 16.0. The zero-order valence-electron chi connectivity index (χ0n) is 13.4. The first kappa shape index (κ1) is 17.1. The fourth-order valence-electron chi connectivity index (χ4n) is 2.72. The highest BCUT2D eigenvalue weighted by Gasteiger charge is 2.34. The molecule has 1 heterocycles. The third kappa shape index (κ3) is 4.62. The first-order chi connectivity index (χ1) is 10.5. The van der Waals surface area contributed by atoms with Gasteiger partial charge in [0.2, 0.25) is 0 Å². The number of aliphatic imine (C=N–C) groups is 1. The second-order valence-corrected chi connectivity index (χ2v) is 6.82. The van der Waals surface area contributed by atoms with E-state index in [9.17, 15) is 0 Å². The maximum atomic E-state index is 6.17. The predicted molar refractivity (Wildman–Crippen MR) is 92.5 cm³/mol. The highest BCUT2D eigenvalue weighted by molar-refractivity contribution is 6.30. The molecule has 1 aliphatic heterocycles. The molecule has 1 saturated heterocycles. The molecule has 0 bridgehead atoms. The number of guanidine groups is 1. The smallest absolute Gasteiger partial charge is 0.188 e. The van der Waals surface area contributed by atoms with Crippen LogP contribution in [0.25, 0.3) is 0 Å². The van der Waals surface area contributed by atoms with Crippen molar-refractivity contribution in [3.05, 3.63) is 34.9 Å². The molecule has 1 fully saturated rings. The van der Waals surface area contributed by atoms with Crippen LogP contribution in [0.5, 0.6) is 0 Å². The van der Waals surface area contributed by atoms with Crippen LogP contribution in [0.1, 0.15) is 32.3 Å². The van der Waals surface area contributed by atoms with Crippen molar-refractivity contribution in [1.82, 2.24) is 5.32 Å². The average molecular weight is 324 g/mol. The lowest BCUT2D eigenvalue weighted by Crippen LogP contribution is -2.40.